The summed E-state index contributed by atoms with van der Waals surface area (Å²) in [4.78, 5) is 73.7. The topological polar surface area (TPSA) is 166 Å². The minimum atomic E-state index is -1.59. The number of piperazine rings is 1. The van der Waals surface area contributed by atoms with E-state index in [1.165, 1.54) is 0 Å². The molecular weight excluding hydrogens is 450 g/mol. The van der Waals surface area contributed by atoms with Crippen LogP contribution in [-0.4, -0.2) is 75.1 Å². The fourth-order valence-corrected chi connectivity index (χ4v) is 3.43. The van der Waals surface area contributed by atoms with E-state index in [-0.39, 0.29) is 6.42 Å². The predicted molar refractivity (Wildman–Crippen MR) is 115 cm³/mol. The second kappa shape index (κ2) is 12.3. The molecule has 1 saturated heterocycles. The average molecular weight is 477 g/mol. The van der Waals surface area contributed by atoms with Crippen LogP contribution in [0.15, 0.2) is 30.3 Å². The molecule has 0 aromatic heterocycles. The van der Waals surface area contributed by atoms with Crippen LogP contribution in [-0.2, 0) is 49.4 Å². The zero-order valence-corrected chi connectivity index (χ0v) is 19.0. The third kappa shape index (κ3) is 7.02. The SMILES string of the molecule is COC(=O)C[C@@H](C(=O)OC)[C@@H](NC(=O)C[C@@H]1NC(=O)[C@H](Cc2ccccc2)NC1=O)C(=O)OC. The standard InChI is InChI=1S/C22H27N3O9/c1-32-17(27)10-13(21(30)33-2)18(22(31)34-3)25-16(26)11-15-20(29)23-14(19(28)24-15)9-12-7-5-4-6-8-12/h4-8,13-15,18H,9-11H2,1-3H3,(H,23,29)(H,24,28)(H,25,26)/t13-,14+,15+,18-/m1/s1. The molecule has 0 unspecified atom stereocenters. The lowest BCUT2D eigenvalue weighted by molar-refractivity contribution is -0.159. The van der Waals surface area contributed by atoms with E-state index in [1.807, 2.05) is 30.3 Å². The number of carbonyl (C=O) groups excluding carboxylic acids is 6. The Morgan fingerprint density at radius 1 is 0.882 bits per heavy atom. The van der Waals surface area contributed by atoms with E-state index in [2.05, 4.69) is 30.2 Å². The van der Waals surface area contributed by atoms with Gasteiger partial charge in [0.2, 0.25) is 17.7 Å². The van der Waals surface area contributed by atoms with E-state index in [4.69, 9.17) is 0 Å². The van der Waals surface area contributed by atoms with Gasteiger partial charge in [-0.1, -0.05) is 30.3 Å². The summed E-state index contributed by atoms with van der Waals surface area (Å²) in [7, 11) is 3.18. The Bertz CT molecular complexity index is 935. The Labute approximate surface area is 195 Å². The van der Waals surface area contributed by atoms with Crippen LogP contribution >= 0.6 is 0 Å². The first-order valence-corrected chi connectivity index (χ1v) is 10.4. The lowest BCUT2D eigenvalue weighted by atomic mass is 9.95. The quantitative estimate of drug-likeness (QED) is 0.272. The van der Waals surface area contributed by atoms with Crippen LogP contribution in [0, 0.1) is 5.92 Å². The summed E-state index contributed by atoms with van der Waals surface area (Å²) >= 11 is 0. The molecule has 1 aromatic carbocycles. The molecule has 12 heteroatoms. The normalized spacial score (nSPS) is 19.0. The van der Waals surface area contributed by atoms with Gasteiger partial charge in [-0.25, -0.2) is 4.79 Å². The second-order valence-electron chi connectivity index (χ2n) is 7.49. The summed E-state index contributed by atoms with van der Waals surface area (Å²) < 4.78 is 13.8. The average Bonchev–Trinajstić information content (AvgIpc) is 2.83. The molecule has 0 aliphatic carbocycles. The first-order chi connectivity index (χ1) is 16.2. The highest BCUT2D eigenvalue weighted by atomic mass is 16.5. The smallest absolute Gasteiger partial charge is 0.329 e. The van der Waals surface area contributed by atoms with Gasteiger partial charge in [-0.2, -0.15) is 0 Å². The zero-order valence-electron chi connectivity index (χ0n) is 19.0. The van der Waals surface area contributed by atoms with E-state index >= 15 is 0 Å². The van der Waals surface area contributed by atoms with Gasteiger partial charge in [-0.15, -0.1) is 0 Å². The molecule has 3 N–H and O–H groups in total. The van der Waals surface area contributed by atoms with Gasteiger partial charge in [0, 0.05) is 6.42 Å². The monoisotopic (exact) mass is 477 g/mol. The minimum Gasteiger partial charge on any atom is -0.469 e. The molecule has 1 aliphatic rings. The Kier molecular flexibility index (Phi) is 9.53. The van der Waals surface area contributed by atoms with Gasteiger partial charge in [0.05, 0.1) is 40.1 Å². The van der Waals surface area contributed by atoms with Gasteiger partial charge in [0.15, 0.2) is 0 Å². The Morgan fingerprint density at radius 3 is 2.06 bits per heavy atom. The van der Waals surface area contributed by atoms with E-state index < -0.39 is 72.5 Å². The molecule has 1 heterocycles. The van der Waals surface area contributed by atoms with Gasteiger partial charge in [0.25, 0.3) is 0 Å². The molecule has 2 rings (SSSR count). The number of benzene rings is 1. The van der Waals surface area contributed by atoms with E-state index in [9.17, 15) is 28.8 Å². The molecule has 0 spiro atoms. The second-order valence-corrected chi connectivity index (χ2v) is 7.49. The van der Waals surface area contributed by atoms with E-state index in [1.54, 1.807) is 0 Å². The number of rotatable bonds is 10. The predicted octanol–water partition coefficient (Wildman–Crippen LogP) is -1.39. The Balaban J connectivity index is 2.06. The fourth-order valence-electron chi connectivity index (χ4n) is 3.43. The highest BCUT2D eigenvalue weighted by molar-refractivity contribution is 6.00. The molecule has 0 radical (unpaired) electrons. The number of amides is 3. The largest absolute Gasteiger partial charge is 0.469 e. The fraction of sp³-hybridized carbons (Fsp3) is 0.455. The number of methoxy groups -OCH3 is 3. The number of carbonyl (C=O) groups is 6. The summed E-state index contributed by atoms with van der Waals surface area (Å²) in [6, 6.07) is 5.49. The Hall–Kier alpha value is -3.96. The van der Waals surface area contributed by atoms with Gasteiger partial charge in [0.1, 0.15) is 18.1 Å². The molecular formula is C22H27N3O9. The maximum atomic E-state index is 12.6. The van der Waals surface area contributed by atoms with Crippen molar-refractivity contribution in [2.24, 2.45) is 5.92 Å². The Morgan fingerprint density at radius 2 is 1.47 bits per heavy atom. The maximum absolute atomic E-state index is 12.6. The molecule has 1 fully saturated rings. The van der Waals surface area contributed by atoms with Crippen LogP contribution in [0.25, 0.3) is 0 Å². The number of hydrogen-bond acceptors (Lipinski definition) is 9. The molecule has 0 saturated carbocycles. The van der Waals surface area contributed by atoms with E-state index in [0.29, 0.717) is 0 Å². The van der Waals surface area contributed by atoms with Crippen molar-refractivity contribution in [1.29, 1.82) is 0 Å². The van der Waals surface area contributed by atoms with Crippen molar-refractivity contribution in [3.8, 4) is 0 Å². The zero-order chi connectivity index (χ0) is 25.3. The van der Waals surface area contributed by atoms with Gasteiger partial charge < -0.3 is 30.2 Å². The highest BCUT2D eigenvalue weighted by Gasteiger charge is 2.40. The summed E-state index contributed by atoms with van der Waals surface area (Å²) in [5.74, 6) is -6.09. The molecule has 4 atom stereocenters. The summed E-state index contributed by atoms with van der Waals surface area (Å²) in [6.07, 6.45) is -0.809. The first-order valence-electron chi connectivity index (χ1n) is 10.4. The van der Waals surface area contributed by atoms with Gasteiger partial charge >= 0.3 is 17.9 Å². The van der Waals surface area contributed by atoms with Crippen LogP contribution in [0.4, 0.5) is 0 Å². The summed E-state index contributed by atoms with van der Waals surface area (Å²) in [6.45, 7) is 0. The van der Waals surface area contributed by atoms with Crippen molar-refractivity contribution < 1.29 is 43.0 Å². The molecule has 184 valence electrons. The van der Waals surface area contributed by atoms with Crippen LogP contribution in [0.1, 0.15) is 18.4 Å². The molecule has 34 heavy (non-hydrogen) atoms. The van der Waals surface area contributed by atoms with Crippen LogP contribution < -0.4 is 16.0 Å². The number of hydrogen-bond donors (Lipinski definition) is 3. The number of nitrogens with one attached hydrogen (secondary N) is 3. The van der Waals surface area contributed by atoms with Crippen molar-refractivity contribution in [2.75, 3.05) is 21.3 Å². The van der Waals surface area contributed by atoms with Crippen molar-refractivity contribution in [3.63, 3.8) is 0 Å². The molecule has 1 aliphatic heterocycles. The summed E-state index contributed by atoms with van der Waals surface area (Å²) in [5, 5.41) is 7.37. The lowest BCUT2D eigenvalue weighted by Crippen LogP contribution is -2.63. The first kappa shape index (κ1) is 26.3. The van der Waals surface area contributed by atoms with Crippen molar-refractivity contribution >= 4 is 35.6 Å². The maximum Gasteiger partial charge on any atom is 0.329 e. The van der Waals surface area contributed by atoms with Crippen molar-refractivity contribution in [3.05, 3.63) is 35.9 Å². The van der Waals surface area contributed by atoms with Gasteiger partial charge in [-0.3, -0.25) is 24.0 Å². The van der Waals surface area contributed by atoms with Crippen molar-refractivity contribution in [1.82, 2.24) is 16.0 Å². The molecule has 12 nitrogen and oxygen atoms in total. The van der Waals surface area contributed by atoms with E-state index in [0.717, 1.165) is 26.9 Å². The van der Waals surface area contributed by atoms with Crippen LogP contribution in [0.2, 0.25) is 0 Å². The van der Waals surface area contributed by atoms with Crippen LogP contribution in [0.5, 0.6) is 0 Å². The highest BCUT2D eigenvalue weighted by Crippen LogP contribution is 2.15. The lowest BCUT2D eigenvalue weighted by Gasteiger charge is -2.30. The third-order valence-corrected chi connectivity index (χ3v) is 5.23. The van der Waals surface area contributed by atoms with Gasteiger partial charge in [-0.05, 0) is 5.56 Å². The van der Waals surface area contributed by atoms with Crippen LogP contribution in [0.3, 0.4) is 0 Å². The van der Waals surface area contributed by atoms with Crippen molar-refractivity contribution in [2.45, 2.75) is 37.4 Å². The third-order valence-electron chi connectivity index (χ3n) is 5.23. The molecule has 1 aromatic rings. The molecule has 0 bridgehead atoms. The number of ether oxygens (including phenoxy) is 3. The summed E-state index contributed by atoms with van der Waals surface area (Å²) in [5.41, 5.74) is 0.847. The minimum absolute atomic E-state index is 0.274. The molecule has 3 amide bonds. The number of esters is 3.